The Morgan fingerprint density at radius 1 is 0.418 bits per heavy atom. The van der Waals surface area contributed by atoms with Crippen molar-refractivity contribution < 1.29 is 4.42 Å². The normalized spacial score (nSPS) is 11.3. The van der Waals surface area contributed by atoms with Crippen molar-refractivity contribution in [3.05, 3.63) is 223 Å². The van der Waals surface area contributed by atoms with Crippen molar-refractivity contribution in [3.63, 3.8) is 0 Å². The highest BCUT2D eigenvalue weighted by Gasteiger charge is 2.14. The minimum absolute atomic E-state index is 0.640. The van der Waals surface area contributed by atoms with Crippen LogP contribution in [0.1, 0.15) is 16.7 Å². The third kappa shape index (κ3) is 8.03. The lowest BCUT2D eigenvalue weighted by molar-refractivity contribution is 0.669. The maximum Gasteiger partial charge on any atom is 0.136 e. The van der Waals surface area contributed by atoms with Crippen molar-refractivity contribution in [2.24, 2.45) is 11.5 Å². The van der Waals surface area contributed by atoms with Gasteiger partial charge >= 0.3 is 0 Å². The summed E-state index contributed by atoms with van der Waals surface area (Å²) in [5, 5.41) is 2.12. The lowest BCUT2D eigenvalue weighted by atomic mass is 9.97. The molecule has 0 fully saturated rings. The highest BCUT2D eigenvalue weighted by Crippen LogP contribution is 2.36. The molecule has 266 valence electrons. The van der Waals surface area contributed by atoms with E-state index in [9.17, 15) is 0 Å². The molecule has 0 bridgehead atoms. The number of rotatable bonds is 8. The van der Waals surface area contributed by atoms with Gasteiger partial charge in [0.15, 0.2) is 0 Å². The average molecular weight is 711 g/mol. The molecule has 3 heteroatoms. The Balaban J connectivity index is 0.000000477. The molecular weight excluding hydrogens is 669 g/mol. The van der Waals surface area contributed by atoms with Gasteiger partial charge in [-0.2, -0.15) is 0 Å². The molecule has 0 aliphatic carbocycles. The lowest BCUT2D eigenvalue weighted by Gasteiger charge is -2.08. The van der Waals surface area contributed by atoms with Crippen LogP contribution in [0.3, 0.4) is 0 Å². The monoisotopic (exact) mass is 710 g/mol. The van der Waals surface area contributed by atoms with Crippen LogP contribution >= 0.6 is 0 Å². The maximum atomic E-state index is 6.78. The van der Waals surface area contributed by atoms with Gasteiger partial charge in [-0.05, 0) is 80.3 Å². The predicted octanol–water partition coefficient (Wildman–Crippen LogP) is 12.9. The second-order valence-corrected chi connectivity index (χ2v) is 13.6. The van der Waals surface area contributed by atoms with Crippen LogP contribution in [0.15, 0.2) is 211 Å². The quantitative estimate of drug-likeness (QED) is 0.165. The van der Waals surface area contributed by atoms with E-state index in [0.717, 1.165) is 50.7 Å². The zero-order valence-electron chi connectivity index (χ0n) is 30.6. The number of fused-ring (bicyclic) bond motifs is 3. The minimum atomic E-state index is 0.640. The molecule has 0 aliphatic rings. The summed E-state index contributed by atoms with van der Waals surface area (Å²) in [6.07, 6.45) is 2.85. The van der Waals surface area contributed by atoms with Crippen LogP contribution in [0.5, 0.6) is 0 Å². The van der Waals surface area contributed by atoms with Crippen molar-refractivity contribution in [2.75, 3.05) is 0 Å². The van der Waals surface area contributed by atoms with Gasteiger partial charge in [-0.1, -0.05) is 188 Å². The smallest absolute Gasteiger partial charge is 0.136 e. The average Bonchev–Trinajstić information content (AvgIpc) is 3.65. The molecule has 0 saturated carbocycles. The van der Waals surface area contributed by atoms with Gasteiger partial charge in [0.2, 0.25) is 0 Å². The highest BCUT2D eigenvalue weighted by atomic mass is 16.3. The molecule has 9 aromatic rings. The van der Waals surface area contributed by atoms with Crippen LogP contribution < -0.4 is 11.5 Å². The molecule has 9 rings (SSSR count). The van der Waals surface area contributed by atoms with Gasteiger partial charge in [-0.25, -0.2) is 0 Å². The van der Waals surface area contributed by atoms with Gasteiger partial charge in [-0.3, -0.25) is 0 Å². The van der Waals surface area contributed by atoms with E-state index in [4.69, 9.17) is 15.9 Å². The molecular formula is C52H42N2O. The molecule has 0 saturated heterocycles. The molecule has 0 radical (unpaired) electrons. The van der Waals surface area contributed by atoms with Crippen molar-refractivity contribution in [3.8, 4) is 44.5 Å². The molecule has 0 atom stereocenters. The van der Waals surface area contributed by atoms with E-state index in [1.54, 1.807) is 0 Å². The molecule has 1 heterocycles. The standard InChI is InChI=1S/C45H33NO.C7H9N/c46-42(28-16-31-14-17-34(18-15-31)37-21-19-35(20-22-37)32-8-3-1-4-9-32)40-12-7-13-44-45(40)41-30-39(27-29-43(41)47-44)38-25-23-36(24-26-38)33-10-5-2-6-11-33;8-6-7-4-2-1-3-5-7/h1-15,17-30H,16,46H2;1-5H,6,8H2/b42-28-;. The second-order valence-electron chi connectivity index (χ2n) is 13.6. The predicted molar refractivity (Wildman–Crippen MR) is 232 cm³/mol. The molecule has 3 nitrogen and oxygen atoms in total. The van der Waals surface area contributed by atoms with Gasteiger partial charge in [0.25, 0.3) is 0 Å². The number of allylic oxidation sites excluding steroid dienone is 1. The Bertz CT molecular complexity index is 2660. The van der Waals surface area contributed by atoms with E-state index in [1.165, 1.54) is 44.5 Å². The van der Waals surface area contributed by atoms with Gasteiger partial charge in [0, 0.05) is 28.6 Å². The van der Waals surface area contributed by atoms with E-state index < -0.39 is 0 Å². The first-order valence-corrected chi connectivity index (χ1v) is 18.7. The Morgan fingerprint density at radius 3 is 1.38 bits per heavy atom. The van der Waals surface area contributed by atoms with Crippen molar-refractivity contribution in [1.82, 2.24) is 0 Å². The summed E-state index contributed by atoms with van der Waals surface area (Å²) in [6, 6.07) is 69.7. The van der Waals surface area contributed by atoms with E-state index in [0.29, 0.717) is 6.54 Å². The number of hydrogen-bond acceptors (Lipinski definition) is 3. The first kappa shape index (κ1) is 35.1. The third-order valence-electron chi connectivity index (χ3n) is 10.0. The summed E-state index contributed by atoms with van der Waals surface area (Å²) >= 11 is 0. The van der Waals surface area contributed by atoms with Crippen LogP contribution in [0.4, 0.5) is 0 Å². The Labute approximate surface area is 322 Å². The Kier molecular flexibility index (Phi) is 10.5. The summed E-state index contributed by atoms with van der Waals surface area (Å²) in [7, 11) is 0. The fourth-order valence-electron chi connectivity index (χ4n) is 7.00. The number of benzene rings is 8. The Morgan fingerprint density at radius 2 is 0.873 bits per heavy atom. The summed E-state index contributed by atoms with van der Waals surface area (Å²) in [5.41, 5.74) is 27.6. The summed E-state index contributed by atoms with van der Waals surface area (Å²) in [5.74, 6) is 0. The maximum absolute atomic E-state index is 6.78. The van der Waals surface area contributed by atoms with Crippen molar-refractivity contribution in [2.45, 2.75) is 13.0 Å². The van der Waals surface area contributed by atoms with E-state index in [-0.39, 0.29) is 0 Å². The summed E-state index contributed by atoms with van der Waals surface area (Å²) in [4.78, 5) is 0. The van der Waals surface area contributed by atoms with Crippen LogP contribution in [-0.2, 0) is 13.0 Å². The van der Waals surface area contributed by atoms with Crippen molar-refractivity contribution in [1.29, 1.82) is 0 Å². The molecule has 55 heavy (non-hydrogen) atoms. The minimum Gasteiger partial charge on any atom is -0.456 e. The molecule has 0 unspecified atom stereocenters. The zero-order chi connectivity index (χ0) is 37.4. The first-order valence-electron chi connectivity index (χ1n) is 18.7. The van der Waals surface area contributed by atoms with E-state index in [2.05, 4.69) is 152 Å². The third-order valence-corrected chi connectivity index (χ3v) is 10.0. The van der Waals surface area contributed by atoms with Crippen LogP contribution in [-0.4, -0.2) is 0 Å². The fraction of sp³-hybridized carbons (Fsp3) is 0.0385. The molecule has 0 aliphatic heterocycles. The van der Waals surface area contributed by atoms with E-state index >= 15 is 0 Å². The first-order chi connectivity index (χ1) is 27.1. The molecule has 8 aromatic carbocycles. The largest absolute Gasteiger partial charge is 0.456 e. The lowest BCUT2D eigenvalue weighted by Crippen LogP contribution is -1.98. The molecule has 0 spiro atoms. The summed E-state index contributed by atoms with van der Waals surface area (Å²) < 4.78 is 6.28. The van der Waals surface area contributed by atoms with Crippen LogP contribution in [0.2, 0.25) is 0 Å². The number of furan rings is 1. The zero-order valence-corrected chi connectivity index (χ0v) is 30.6. The number of hydrogen-bond donors (Lipinski definition) is 2. The van der Waals surface area contributed by atoms with Crippen LogP contribution in [0, 0.1) is 0 Å². The highest BCUT2D eigenvalue weighted by molar-refractivity contribution is 6.11. The second kappa shape index (κ2) is 16.4. The number of nitrogens with two attached hydrogens (primary N) is 2. The van der Waals surface area contributed by atoms with Gasteiger partial charge in [0.05, 0.1) is 0 Å². The molecule has 1 aromatic heterocycles. The van der Waals surface area contributed by atoms with Gasteiger partial charge in [-0.15, -0.1) is 0 Å². The van der Waals surface area contributed by atoms with Gasteiger partial charge < -0.3 is 15.9 Å². The molecule has 0 amide bonds. The molecule has 4 N–H and O–H groups in total. The topological polar surface area (TPSA) is 65.2 Å². The Hall–Kier alpha value is -6.94. The fourth-order valence-corrected chi connectivity index (χ4v) is 7.00. The van der Waals surface area contributed by atoms with E-state index in [1.807, 2.05) is 54.6 Å². The van der Waals surface area contributed by atoms with Gasteiger partial charge in [0.1, 0.15) is 11.2 Å². The van der Waals surface area contributed by atoms with Crippen LogP contribution in [0.25, 0.3) is 72.1 Å². The summed E-state index contributed by atoms with van der Waals surface area (Å²) in [6.45, 7) is 0.640. The van der Waals surface area contributed by atoms with Crippen molar-refractivity contribution >= 4 is 27.6 Å². The SMILES string of the molecule is N/C(=C\Cc1ccc(-c2ccc(-c3ccccc3)cc2)cc1)c1cccc2oc3ccc(-c4ccc(-c5ccccc5)cc4)cc3c12.NCc1ccccc1.